The maximum absolute atomic E-state index is 12.6. The lowest BCUT2D eigenvalue weighted by atomic mass is 10.1. The zero-order valence-corrected chi connectivity index (χ0v) is 11.7. The lowest BCUT2D eigenvalue weighted by Crippen LogP contribution is -2.59. The minimum Gasteiger partial charge on any atom is -0.496 e. The highest BCUT2D eigenvalue weighted by atomic mass is 16.5. The van der Waals surface area contributed by atoms with Gasteiger partial charge in [-0.3, -0.25) is 9.59 Å². The van der Waals surface area contributed by atoms with Gasteiger partial charge in [0.1, 0.15) is 11.8 Å². The van der Waals surface area contributed by atoms with Crippen molar-refractivity contribution in [3.05, 3.63) is 29.8 Å². The Kier molecular flexibility index (Phi) is 4.24. The summed E-state index contributed by atoms with van der Waals surface area (Å²) in [7, 11) is 3.42. The van der Waals surface area contributed by atoms with Gasteiger partial charge in [-0.05, 0) is 19.2 Å². The van der Waals surface area contributed by atoms with Crippen molar-refractivity contribution in [2.75, 3.05) is 33.8 Å². The normalized spacial score (nSPS) is 19.7. The second-order valence-electron chi connectivity index (χ2n) is 4.88. The number of hydrogen-bond acceptors (Lipinski definition) is 4. The number of amides is 2. The quantitative estimate of drug-likeness (QED) is 0.839. The maximum Gasteiger partial charge on any atom is 0.258 e. The Labute approximate surface area is 118 Å². The summed E-state index contributed by atoms with van der Waals surface area (Å²) in [6.07, 6.45) is 0. The van der Waals surface area contributed by atoms with Crippen molar-refractivity contribution in [2.45, 2.75) is 6.04 Å². The smallest absolute Gasteiger partial charge is 0.258 e. The molecule has 0 radical (unpaired) electrons. The fourth-order valence-electron chi connectivity index (χ4n) is 2.38. The van der Waals surface area contributed by atoms with Gasteiger partial charge in [0, 0.05) is 19.6 Å². The number of carbonyl (C=O) groups is 2. The van der Waals surface area contributed by atoms with Gasteiger partial charge in [0.05, 0.1) is 12.7 Å². The highest BCUT2D eigenvalue weighted by molar-refractivity contribution is 5.99. The first kappa shape index (κ1) is 14.3. The molecular formula is C14H19N3O3. The Bertz CT molecular complexity index is 518. The topological polar surface area (TPSA) is 75.9 Å². The number of likely N-dealkylation sites (N-methyl/N-ethyl adjacent to an activating group) is 1. The number of hydrogen-bond donors (Lipinski definition) is 1. The van der Waals surface area contributed by atoms with Gasteiger partial charge in [-0.1, -0.05) is 12.1 Å². The first-order valence-electron chi connectivity index (χ1n) is 6.46. The number of primary amides is 1. The Morgan fingerprint density at radius 3 is 2.65 bits per heavy atom. The molecule has 0 bridgehead atoms. The zero-order chi connectivity index (χ0) is 14.7. The highest BCUT2D eigenvalue weighted by Gasteiger charge is 2.34. The van der Waals surface area contributed by atoms with Crippen molar-refractivity contribution in [3.63, 3.8) is 0 Å². The minimum absolute atomic E-state index is 0.223. The van der Waals surface area contributed by atoms with Crippen molar-refractivity contribution in [1.29, 1.82) is 0 Å². The van der Waals surface area contributed by atoms with Crippen molar-refractivity contribution >= 4 is 11.8 Å². The van der Waals surface area contributed by atoms with Crippen LogP contribution in [0.2, 0.25) is 0 Å². The van der Waals surface area contributed by atoms with Crippen molar-refractivity contribution in [3.8, 4) is 5.75 Å². The molecule has 6 heteroatoms. The number of para-hydroxylation sites is 1. The first-order valence-corrected chi connectivity index (χ1v) is 6.46. The summed E-state index contributed by atoms with van der Waals surface area (Å²) in [5.74, 6) is -0.209. The summed E-state index contributed by atoms with van der Waals surface area (Å²) in [6, 6.07) is 6.38. The number of carbonyl (C=O) groups excluding carboxylic acids is 2. The summed E-state index contributed by atoms with van der Waals surface area (Å²) in [6.45, 7) is 1.64. The van der Waals surface area contributed by atoms with Crippen molar-refractivity contribution in [1.82, 2.24) is 9.80 Å². The SMILES string of the molecule is COc1ccccc1C(=O)N1CCN(C)C[C@@H]1C(N)=O. The zero-order valence-electron chi connectivity index (χ0n) is 11.7. The minimum atomic E-state index is -0.605. The van der Waals surface area contributed by atoms with Crippen molar-refractivity contribution < 1.29 is 14.3 Å². The summed E-state index contributed by atoms with van der Waals surface area (Å²) in [5.41, 5.74) is 5.87. The van der Waals surface area contributed by atoms with E-state index in [2.05, 4.69) is 0 Å². The molecule has 1 heterocycles. The summed E-state index contributed by atoms with van der Waals surface area (Å²) in [5, 5.41) is 0. The summed E-state index contributed by atoms with van der Waals surface area (Å²) < 4.78 is 5.20. The van der Waals surface area contributed by atoms with E-state index in [4.69, 9.17) is 10.5 Å². The van der Waals surface area contributed by atoms with E-state index in [0.29, 0.717) is 30.9 Å². The van der Waals surface area contributed by atoms with Gasteiger partial charge in [0.2, 0.25) is 5.91 Å². The fourth-order valence-corrected chi connectivity index (χ4v) is 2.38. The molecule has 1 aromatic rings. The monoisotopic (exact) mass is 277 g/mol. The standard InChI is InChI=1S/C14H19N3O3/c1-16-7-8-17(11(9-16)13(15)18)14(19)10-5-3-4-6-12(10)20-2/h3-6,11H,7-9H2,1-2H3,(H2,15,18)/t11-/m1/s1. The molecule has 20 heavy (non-hydrogen) atoms. The third kappa shape index (κ3) is 2.75. The molecule has 6 nitrogen and oxygen atoms in total. The lowest BCUT2D eigenvalue weighted by molar-refractivity contribution is -0.124. The van der Waals surface area contributed by atoms with Gasteiger partial charge in [-0.15, -0.1) is 0 Å². The number of piperazine rings is 1. The Morgan fingerprint density at radius 2 is 2.00 bits per heavy atom. The summed E-state index contributed by atoms with van der Waals surface area (Å²) >= 11 is 0. The number of ether oxygens (including phenoxy) is 1. The molecule has 2 amide bonds. The third-order valence-electron chi connectivity index (χ3n) is 3.51. The highest BCUT2D eigenvalue weighted by Crippen LogP contribution is 2.21. The van der Waals surface area contributed by atoms with Crippen LogP contribution < -0.4 is 10.5 Å². The predicted octanol–water partition coefficient (Wildman–Crippen LogP) is -0.0633. The molecule has 0 aromatic heterocycles. The van der Waals surface area contributed by atoms with E-state index in [0.717, 1.165) is 0 Å². The van der Waals surface area contributed by atoms with Gasteiger partial charge >= 0.3 is 0 Å². The molecule has 0 saturated carbocycles. The lowest BCUT2D eigenvalue weighted by Gasteiger charge is -2.38. The van der Waals surface area contributed by atoms with E-state index in [1.165, 1.54) is 12.0 Å². The van der Waals surface area contributed by atoms with E-state index in [-0.39, 0.29) is 5.91 Å². The Balaban J connectivity index is 2.29. The molecule has 108 valence electrons. The molecule has 0 aliphatic carbocycles. The van der Waals surface area contributed by atoms with Gasteiger partial charge in [-0.25, -0.2) is 0 Å². The van der Waals surface area contributed by atoms with Crippen LogP contribution in [0.25, 0.3) is 0 Å². The molecular weight excluding hydrogens is 258 g/mol. The van der Waals surface area contributed by atoms with Gasteiger partial charge in [0.25, 0.3) is 5.91 Å². The van der Waals surface area contributed by atoms with Crippen LogP contribution in [0.15, 0.2) is 24.3 Å². The van der Waals surface area contributed by atoms with E-state index in [1.54, 1.807) is 24.3 Å². The van der Waals surface area contributed by atoms with Crippen LogP contribution in [0.5, 0.6) is 5.75 Å². The molecule has 1 atom stereocenters. The van der Waals surface area contributed by atoms with E-state index in [9.17, 15) is 9.59 Å². The molecule has 0 unspecified atom stereocenters. The van der Waals surface area contributed by atoms with Gasteiger partial charge in [0.15, 0.2) is 0 Å². The van der Waals surface area contributed by atoms with Crippen LogP contribution in [0.3, 0.4) is 0 Å². The van der Waals surface area contributed by atoms with Gasteiger partial charge in [-0.2, -0.15) is 0 Å². The molecule has 1 saturated heterocycles. The van der Waals surface area contributed by atoms with E-state index < -0.39 is 11.9 Å². The van der Waals surface area contributed by atoms with E-state index in [1.807, 2.05) is 11.9 Å². The number of nitrogens with two attached hydrogens (primary N) is 1. The molecule has 1 fully saturated rings. The average Bonchev–Trinajstić information content (AvgIpc) is 2.46. The van der Waals surface area contributed by atoms with Crippen molar-refractivity contribution in [2.24, 2.45) is 5.73 Å². The van der Waals surface area contributed by atoms with Crippen LogP contribution in [-0.4, -0.2) is 61.4 Å². The number of benzene rings is 1. The second kappa shape index (κ2) is 5.92. The van der Waals surface area contributed by atoms with E-state index >= 15 is 0 Å². The Hall–Kier alpha value is -2.08. The largest absolute Gasteiger partial charge is 0.496 e. The first-order chi connectivity index (χ1) is 9.54. The number of rotatable bonds is 3. The van der Waals surface area contributed by atoms with Crippen LogP contribution in [0.4, 0.5) is 0 Å². The molecule has 1 aromatic carbocycles. The maximum atomic E-state index is 12.6. The third-order valence-corrected chi connectivity index (χ3v) is 3.51. The van der Waals surface area contributed by atoms with Crippen LogP contribution in [0, 0.1) is 0 Å². The predicted molar refractivity (Wildman–Crippen MR) is 74.5 cm³/mol. The average molecular weight is 277 g/mol. The number of nitrogens with zero attached hydrogens (tertiary/aromatic N) is 2. The molecule has 2 N–H and O–H groups in total. The van der Waals surface area contributed by atoms with Crippen LogP contribution in [-0.2, 0) is 4.79 Å². The fraction of sp³-hybridized carbons (Fsp3) is 0.429. The molecule has 1 aliphatic rings. The summed E-state index contributed by atoms with van der Waals surface area (Å²) in [4.78, 5) is 27.7. The number of methoxy groups -OCH3 is 1. The Morgan fingerprint density at radius 1 is 1.30 bits per heavy atom. The molecule has 2 rings (SSSR count). The second-order valence-corrected chi connectivity index (χ2v) is 4.88. The molecule has 0 spiro atoms. The van der Waals surface area contributed by atoms with Gasteiger partial charge < -0.3 is 20.3 Å². The molecule has 1 aliphatic heterocycles. The van der Waals surface area contributed by atoms with Crippen LogP contribution >= 0.6 is 0 Å². The van der Waals surface area contributed by atoms with Crippen LogP contribution in [0.1, 0.15) is 10.4 Å².